The molecule has 5 rings (SSSR count). The molecule has 1 aliphatic heterocycles. The first-order valence-electron chi connectivity index (χ1n) is 10.4. The molecule has 1 amide bonds. The SMILES string of the molecule is CCc1cc2c(s1)-n1c(nnc1CNC(=O)c1ccc(I)cc1)CN=C2c1ccccc1Cl. The molecule has 0 radical (unpaired) electrons. The number of thiophene rings is 1. The van der Waals surface area contributed by atoms with Gasteiger partial charge in [0.05, 0.1) is 12.3 Å². The number of carbonyl (C=O) groups excluding carboxylic acids is 1. The molecule has 3 heterocycles. The summed E-state index contributed by atoms with van der Waals surface area (Å²) in [4.78, 5) is 18.8. The minimum atomic E-state index is -0.147. The lowest BCUT2D eigenvalue weighted by atomic mass is 10.0. The Bertz CT molecular complexity index is 1380. The Morgan fingerprint density at radius 1 is 1.15 bits per heavy atom. The van der Waals surface area contributed by atoms with Crippen molar-refractivity contribution in [1.82, 2.24) is 20.1 Å². The minimum absolute atomic E-state index is 0.147. The summed E-state index contributed by atoms with van der Waals surface area (Å²) in [5.41, 5.74) is 3.37. The molecule has 0 saturated heterocycles. The molecular weight excluding hydrogens is 569 g/mol. The maximum Gasteiger partial charge on any atom is 0.251 e. The molecule has 33 heavy (non-hydrogen) atoms. The largest absolute Gasteiger partial charge is 0.345 e. The van der Waals surface area contributed by atoms with Gasteiger partial charge in [0, 0.05) is 30.2 Å². The predicted molar refractivity (Wildman–Crippen MR) is 140 cm³/mol. The quantitative estimate of drug-likeness (QED) is 0.317. The van der Waals surface area contributed by atoms with Crippen LogP contribution in [0.3, 0.4) is 0 Å². The van der Waals surface area contributed by atoms with Gasteiger partial charge in [-0.05, 0) is 65.4 Å². The zero-order valence-corrected chi connectivity index (χ0v) is 21.4. The van der Waals surface area contributed by atoms with Crippen LogP contribution in [0.2, 0.25) is 5.02 Å². The molecule has 2 aromatic heterocycles. The lowest BCUT2D eigenvalue weighted by molar-refractivity contribution is 0.0949. The van der Waals surface area contributed by atoms with Crippen molar-refractivity contribution in [3.8, 4) is 5.00 Å². The van der Waals surface area contributed by atoms with Crippen LogP contribution in [0.25, 0.3) is 5.00 Å². The van der Waals surface area contributed by atoms with E-state index in [1.165, 1.54) is 4.88 Å². The van der Waals surface area contributed by atoms with Crippen LogP contribution in [0.4, 0.5) is 0 Å². The number of hydrogen-bond acceptors (Lipinski definition) is 5. The minimum Gasteiger partial charge on any atom is -0.345 e. The molecule has 0 spiro atoms. The van der Waals surface area contributed by atoms with E-state index in [9.17, 15) is 4.79 Å². The van der Waals surface area contributed by atoms with Gasteiger partial charge in [0.2, 0.25) is 0 Å². The predicted octanol–water partition coefficient (Wildman–Crippen LogP) is 5.43. The second kappa shape index (κ2) is 9.36. The van der Waals surface area contributed by atoms with Crippen molar-refractivity contribution < 1.29 is 4.79 Å². The number of aromatic nitrogens is 3. The summed E-state index contributed by atoms with van der Waals surface area (Å²) in [6.45, 7) is 2.77. The summed E-state index contributed by atoms with van der Waals surface area (Å²) >= 11 is 10.4. The van der Waals surface area contributed by atoms with Gasteiger partial charge in [-0.15, -0.1) is 21.5 Å². The molecule has 166 valence electrons. The fraction of sp³-hybridized carbons (Fsp3) is 0.167. The van der Waals surface area contributed by atoms with Crippen LogP contribution in [-0.2, 0) is 19.5 Å². The Balaban J connectivity index is 1.51. The number of benzene rings is 2. The fourth-order valence-electron chi connectivity index (χ4n) is 3.73. The van der Waals surface area contributed by atoms with Crippen molar-refractivity contribution in [1.29, 1.82) is 0 Å². The summed E-state index contributed by atoms with van der Waals surface area (Å²) in [6, 6.07) is 17.4. The topological polar surface area (TPSA) is 72.2 Å². The molecule has 1 aliphatic rings. The number of hydrogen-bond donors (Lipinski definition) is 1. The molecule has 0 saturated carbocycles. The Morgan fingerprint density at radius 3 is 2.70 bits per heavy atom. The number of fused-ring (bicyclic) bond motifs is 3. The van der Waals surface area contributed by atoms with Gasteiger partial charge in [-0.3, -0.25) is 14.4 Å². The number of nitrogens with one attached hydrogen (secondary N) is 1. The van der Waals surface area contributed by atoms with Crippen LogP contribution in [0, 0.1) is 3.57 Å². The van der Waals surface area contributed by atoms with Crippen molar-refractivity contribution in [3.05, 3.63) is 96.4 Å². The van der Waals surface area contributed by atoms with E-state index in [-0.39, 0.29) is 12.5 Å². The molecule has 0 atom stereocenters. The van der Waals surface area contributed by atoms with E-state index in [0.29, 0.717) is 23.0 Å². The summed E-state index contributed by atoms with van der Waals surface area (Å²) in [7, 11) is 0. The molecule has 0 unspecified atom stereocenters. The second-order valence-electron chi connectivity index (χ2n) is 7.49. The Labute approximate surface area is 213 Å². The average molecular weight is 588 g/mol. The first kappa shape index (κ1) is 22.2. The van der Waals surface area contributed by atoms with E-state index in [1.807, 2.05) is 53.1 Å². The van der Waals surface area contributed by atoms with Crippen LogP contribution in [-0.4, -0.2) is 26.4 Å². The number of nitrogens with zero attached hydrogens (tertiary/aromatic N) is 4. The third-order valence-electron chi connectivity index (χ3n) is 5.39. The molecule has 4 aromatic rings. The highest BCUT2D eigenvalue weighted by atomic mass is 127. The number of rotatable bonds is 5. The van der Waals surface area contributed by atoms with Crippen molar-refractivity contribution in [2.24, 2.45) is 4.99 Å². The summed E-state index contributed by atoms with van der Waals surface area (Å²) in [5.74, 6) is 1.26. The number of carbonyl (C=O) groups is 1. The van der Waals surface area contributed by atoms with E-state index in [1.54, 1.807) is 11.3 Å². The Morgan fingerprint density at radius 2 is 1.94 bits per heavy atom. The average Bonchev–Trinajstić information content (AvgIpc) is 3.39. The van der Waals surface area contributed by atoms with E-state index in [0.717, 1.165) is 37.7 Å². The monoisotopic (exact) mass is 587 g/mol. The maximum absolute atomic E-state index is 12.7. The van der Waals surface area contributed by atoms with Crippen LogP contribution in [0.1, 0.15) is 44.9 Å². The van der Waals surface area contributed by atoms with Gasteiger partial charge in [0.25, 0.3) is 5.91 Å². The normalized spacial score (nSPS) is 12.5. The molecule has 0 bridgehead atoms. The highest BCUT2D eigenvalue weighted by Gasteiger charge is 2.26. The molecule has 9 heteroatoms. The van der Waals surface area contributed by atoms with E-state index in [4.69, 9.17) is 16.6 Å². The van der Waals surface area contributed by atoms with Crippen molar-refractivity contribution in [2.75, 3.05) is 0 Å². The van der Waals surface area contributed by atoms with E-state index < -0.39 is 0 Å². The van der Waals surface area contributed by atoms with Gasteiger partial charge in [-0.2, -0.15) is 0 Å². The van der Waals surface area contributed by atoms with Gasteiger partial charge in [-0.25, -0.2) is 0 Å². The van der Waals surface area contributed by atoms with Gasteiger partial charge in [0.1, 0.15) is 11.5 Å². The van der Waals surface area contributed by atoms with Crippen molar-refractivity contribution in [3.63, 3.8) is 0 Å². The third-order valence-corrected chi connectivity index (χ3v) is 7.70. The Hall–Kier alpha value is -2.56. The summed E-state index contributed by atoms with van der Waals surface area (Å²) in [5, 5.41) is 13.4. The fourth-order valence-corrected chi connectivity index (χ4v) is 5.45. The number of aryl methyl sites for hydroxylation is 1. The third kappa shape index (κ3) is 4.34. The molecular formula is C24H19ClIN5OS. The molecule has 0 aliphatic carbocycles. The van der Waals surface area contributed by atoms with E-state index in [2.05, 4.69) is 51.1 Å². The lowest BCUT2D eigenvalue weighted by Gasteiger charge is -2.10. The van der Waals surface area contributed by atoms with Crippen LogP contribution >= 0.6 is 45.5 Å². The number of amides is 1. The molecule has 2 aromatic carbocycles. The van der Waals surface area contributed by atoms with Crippen molar-refractivity contribution >= 4 is 57.1 Å². The second-order valence-corrected chi connectivity index (χ2v) is 10.3. The first-order valence-corrected chi connectivity index (χ1v) is 12.7. The molecule has 0 fully saturated rings. The highest BCUT2D eigenvalue weighted by molar-refractivity contribution is 14.1. The van der Waals surface area contributed by atoms with Gasteiger partial charge >= 0.3 is 0 Å². The highest BCUT2D eigenvalue weighted by Crippen LogP contribution is 2.34. The van der Waals surface area contributed by atoms with Crippen molar-refractivity contribution in [2.45, 2.75) is 26.4 Å². The van der Waals surface area contributed by atoms with Crippen LogP contribution in [0.15, 0.2) is 59.6 Å². The standard InChI is InChI=1S/C24H19ClIN5OS/c1-2-16-11-18-22(17-5-3-4-6-19(17)25)27-12-20-29-30-21(31(20)24(18)33-16)13-28-23(32)14-7-9-15(26)10-8-14/h3-11H,2,12-13H2,1H3,(H,28,32). The number of aliphatic imine (C=N–C) groups is 1. The maximum atomic E-state index is 12.7. The van der Waals surface area contributed by atoms with E-state index >= 15 is 0 Å². The lowest BCUT2D eigenvalue weighted by Crippen LogP contribution is -2.24. The van der Waals surface area contributed by atoms with Gasteiger partial charge in [-0.1, -0.05) is 36.7 Å². The Kier molecular flexibility index (Phi) is 6.31. The molecule has 1 N–H and O–H groups in total. The van der Waals surface area contributed by atoms with Gasteiger partial charge in [0.15, 0.2) is 11.6 Å². The van der Waals surface area contributed by atoms with Gasteiger partial charge < -0.3 is 5.32 Å². The summed E-state index contributed by atoms with van der Waals surface area (Å²) in [6.07, 6.45) is 0.907. The zero-order valence-electron chi connectivity index (χ0n) is 17.7. The summed E-state index contributed by atoms with van der Waals surface area (Å²) < 4.78 is 3.11. The molecule has 6 nitrogen and oxygen atoms in total. The smallest absolute Gasteiger partial charge is 0.251 e. The zero-order chi connectivity index (χ0) is 22.9. The van der Waals surface area contributed by atoms with Crippen LogP contribution < -0.4 is 5.32 Å². The van der Waals surface area contributed by atoms with Crippen LogP contribution in [0.5, 0.6) is 0 Å². The first-order chi connectivity index (χ1) is 16.0. The number of halogens is 2.